The van der Waals surface area contributed by atoms with Gasteiger partial charge < -0.3 is 4.90 Å². The fourth-order valence-corrected chi connectivity index (χ4v) is 3.04. The molecule has 4 heteroatoms. The Balaban J connectivity index is 2.12. The highest BCUT2D eigenvalue weighted by molar-refractivity contribution is 7.17. The number of carbonyl (C=O) groups excluding carboxylic acids is 1. The third-order valence-electron chi connectivity index (χ3n) is 3.14. The molecule has 1 amide bonds. The maximum atomic E-state index is 12.3. The third-order valence-corrected chi connectivity index (χ3v) is 4.51. The molecular weight excluding hydrogens is 290 g/mol. The van der Waals surface area contributed by atoms with Gasteiger partial charge in [0.15, 0.2) is 0 Å². The second kappa shape index (κ2) is 6.91. The van der Waals surface area contributed by atoms with Crippen molar-refractivity contribution in [2.75, 3.05) is 13.6 Å². The monoisotopic (exact) mass is 307 g/mol. The molecule has 2 nitrogen and oxygen atoms in total. The Morgan fingerprint density at radius 1 is 1.20 bits per heavy atom. The van der Waals surface area contributed by atoms with Gasteiger partial charge in [0.2, 0.25) is 0 Å². The molecule has 0 atom stereocenters. The van der Waals surface area contributed by atoms with Gasteiger partial charge in [-0.25, -0.2) is 0 Å². The van der Waals surface area contributed by atoms with Gasteiger partial charge in [0.25, 0.3) is 5.91 Å². The van der Waals surface area contributed by atoms with Crippen LogP contribution in [-0.4, -0.2) is 24.4 Å². The first kappa shape index (κ1) is 15.1. The fraction of sp³-hybridized carbons (Fsp3) is 0.312. The normalized spacial score (nSPS) is 10.6. The van der Waals surface area contributed by atoms with Gasteiger partial charge in [-0.3, -0.25) is 4.79 Å². The molecule has 2 aromatic rings. The second-order valence-electron chi connectivity index (χ2n) is 4.75. The van der Waals surface area contributed by atoms with Gasteiger partial charge in [-0.15, -0.1) is 11.3 Å². The largest absolute Gasteiger partial charge is 0.341 e. The predicted octanol–water partition coefficient (Wildman–Crippen LogP) is 4.94. The second-order valence-corrected chi connectivity index (χ2v) is 6.27. The van der Waals surface area contributed by atoms with Crippen LogP contribution in [-0.2, 0) is 0 Å². The van der Waals surface area contributed by atoms with E-state index in [-0.39, 0.29) is 5.91 Å². The number of amides is 1. The van der Waals surface area contributed by atoms with Crippen LogP contribution in [0.3, 0.4) is 0 Å². The van der Waals surface area contributed by atoms with E-state index in [0.717, 1.165) is 39.7 Å². The minimum absolute atomic E-state index is 0.101. The van der Waals surface area contributed by atoms with Crippen LogP contribution in [0, 0.1) is 0 Å². The molecule has 0 fully saturated rings. The number of hydrogen-bond donors (Lipinski definition) is 0. The van der Waals surface area contributed by atoms with E-state index in [9.17, 15) is 4.79 Å². The van der Waals surface area contributed by atoms with Gasteiger partial charge in [0, 0.05) is 23.5 Å². The lowest BCUT2D eigenvalue weighted by atomic mass is 10.2. The summed E-state index contributed by atoms with van der Waals surface area (Å²) < 4.78 is 0. The van der Waals surface area contributed by atoms with Crippen molar-refractivity contribution in [1.29, 1.82) is 0 Å². The topological polar surface area (TPSA) is 20.3 Å². The van der Waals surface area contributed by atoms with Gasteiger partial charge >= 0.3 is 0 Å². The Hall–Kier alpha value is -1.32. The summed E-state index contributed by atoms with van der Waals surface area (Å²) in [6.07, 6.45) is 2.13. The number of unbranched alkanes of at least 4 members (excludes halogenated alkanes) is 1. The summed E-state index contributed by atoms with van der Waals surface area (Å²) in [4.78, 5) is 15.9. The molecule has 2 rings (SSSR count). The maximum Gasteiger partial charge on any atom is 0.263 e. The zero-order chi connectivity index (χ0) is 14.5. The standard InChI is InChI=1S/C16H18ClNOS/c1-3-4-11-18(2)16(19)15-10-9-14(20-15)12-5-7-13(17)8-6-12/h5-10H,3-4,11H2,1-2H3. The van der Waals surface area contributed by atoms with E-state index in [0.29, 0.717) is 0 Å². The number of hydrogen-bond acceptors (Lipinski definition) is 2. The molecule has 0 bridgehead atoms. The Morgan fingerprint density at radius 2 is 1.90 bits per heavy atom. The summed E-state index contributed by atoms with van der Waals surface area (Å²) in [6.45, 7) is 2.94. The molecular formula is C16H18ClNOS. The van der Waals surface area contributed by atoms with Crippen molar-refractivity contribution < 1.29 is 4.79 Å². The molecule has 106 valence electrons. The number of halogens is 1. The van der Waals surface area contributed by atoms with Gasteiger partial charge in [-0.2, -0.15) is 0 Å². The lowest BCUT2D eigenvalue weighted by Crippen LogP contribution is -2.26. The minimum atomic E-state index is 0.101. The van der Waals surface area contributed by atoms with Crippen LogP contribution in [0.1, 0.15) is 29.4 Å². The van der Waals surface area contributed by atoms with Gasteiger partial charge in [-0.05, 0) is 36.2 Å². The average Bonchev–Trinajstić information content (AvgIpc) is 2.94. The summed E-state index contributed by atoms with van der Waals surface area (Å²) in [5.41, 5.74) is 1.09. The van der Waals surface area contributed by atoms with Gasteiger partial charge in [0.1, 0.15) is 0 Å². The van der Waals surface area contributed by atoms with Gasteiger partial charge in [0.05, 0.1) is 4.88 Å². The van der Waals surface area contributed by atoms with Crippen molar-refractivity contribution in [2.45, 2.75) is 19.8 Å². The third kappa shape index (κ3) is 3.62. The fourth-order valence-electron chi connectivity index (χ4n) is 1.91. The molecule has 1 aromatic carbocycles. The molecule has 0 spiro atoms. The van der Waals surface area contributed by atoms with Crippen LogP contribution in [0.2, 0.25) is 5.02 Å². The first-order valence-electron chi connectivity index (χ1n) is 6.73. The minimum Gasteiger partial charge on any atom is -0.341 e. The van der Waals surface area contributed by atoms with Crippen molar-refractivity contribution in [3.63, 3.8) is 0 Å². The predicted molar refractivity (Wildman–Crippen MR) is 86.6 cm³/mol. The summed E-state index contributed by atoms with van der Waals surface area (Å²) in [6, 6.07) is 11.6. The molecule has 1 heterocycles. The molecule has 0 saturated carbocycles. The highest BCUT2D eigenvalue weighted by Crippen LogP contribution is 2.29. The van der Waals surface area contributed by atoms with Crippen LogP contribution < -0.4 is 0 Å². The molecule has 0 aliphatic carbocycles. The van der Waals surface area contributed by atoms with Crippen LogP contribution >= 0.6 is 22.9 Å². The Kier molecular flexibility index (Phi) is 5.21. The van der Waals surface area contributed by atoms with E-state index < -0.39 is 0 Å². The lowest BCUT2D eigenvalue weighted by molar-refractivity contribution is 0.0798. The molecule has 0 aliphatic rings. The summed E-state index contributed by atoms with van der Waals surface area (Å²) in [7, 11) is 1.86. The summed E-state index contributed by atoms with van der Waals surface area (Å²) >= 11 is 7.41. The highest BCUT2D eigenvalue weighted by atomic mass is 35.5. The molecule has 0 aliphatic heterocycles. The average molecular weight is 308 g/mol. The van der Waals surface area contributed by atoms with E-state index in [1.54, 1.807) is 4.90 Å². The van der Waals surface area contributed by atoms with Crippen molar-refractivity contribution in [2.24, 2.45) is 0 Å². The molecule has 0 radical (unpaired) electrons. The molecule has 0 N–H and O–H groups in total. The van der Waals surface area contributed by atoms with Crippen LogP contribution in [0.25, 0.3) is 10.4 Å². The highest BCUT2D eigenvalue weighted by Gasteiger charge is 2.14. The Morgan fingerprint density at radius 3 is 2.55 bits per heavy atom. The molecule has 0 unspecified atom stereocenters. The molecule has 1 aromatic heterocycles. The number of carbonyl (C=O) groups is 1. The lowest BCUT2D eigenvalue weighted by Gasteiger charge is -2.15. The SMILES string of the molecule is CCCCN(C)C(=O)c1ccc(-c2ccc(Cl)cc2)s1. The Labute approximate surface area is 129 Å². The quantitative estimate of drug-likeness (QED) is 0.766. The first-order valence-corrected chi connectivity index (χ1v) is 7.92. The zero-order valence-electron chi connectivity index (χ0n) is 11.7. The van der Waals surface area contributed by atoms with E-state index >= 15 is 0 Å². The number of nitrogens with zero attached hydrogens (tertiary/aromatic N) is 1. The van der Waals surface area contributed by atoms with Crippen molar-refractivity contribution in [1.82, 2.24) is 4.90 Å². The molecule has 0 saturated heterocycles. The zero-order valence-corrected chi connectivity index (χ0v) is 13.3. The summed E-state index contributed by atoms with van der Waals surface area (Å²) in [5.74, 6) is 0.101. The number of rotatable bonds is 5. The first-order chi connectivity index (χ1) is 9.61. The smallest absolute Gasteiger partial charge is 0.263 e. The van der Waals surface area contributed by atoms with E-state index in [1.807, 2.05) is 43.4 Å². The Bertz CT molecular complexity index is 576. The van der Waals surface area contributed by atoms with Crippen molar-refractivity contribution in [3.05, 3.63) is 46.3 Å². The van der Waals surface area contributed by atoms with Crippen molar-refractivity contribution >= 4 is 28.8 Å². The van der Waals surface area contributed by atoms with Crippen LogP contribution in [0.4, 0.5) is 0 Å². The van der Waals surface area contributed by atoms with E-state index in [2.05, 4.69) is 6.92 Å². The molecule has 20 heavy (non-hydrogen) atoms. The maximum absolute atomic E-state index is 12.3. The number of benzene rings is 1. The van der Waals surface area contributed by atoms with Crippen molar-refractivity contribution in [3.8, 4) is 10.4 Å². The van der Waals surface area contributed by atoms with Crippen LogP contribution in [0.15, 0.2) is 36.4 Å². The van der Waals surface area contributed by atoms with E-state index in [1.165, 1.54) is 11.3 Å². The van der Waals surface area contributed by atoms with Crippen LogP contribution in [0.5, 0.6) is 0 Å². The number of thiophene rings is 1. The van der Waals surface area contributed by atoms with Gasteiger partial charge in [-0.1, -0.05) is 37.1 Å². The summed E-state index contributed by atoms with van der Waals surface area (Å²) in [5, 5.41) is 0.723. The van der Waals surface area contributed by atoms with E-state index in [4.69, 9.17) is 11.6 Å².